The number of thioether (sulfide) groups is 2. The van der Waals surface area contributed by atoms with E-state index in [0.29, 0.717) is 6.04 Å². The molecule has 1 aliphatic rings. The van der Waals surface area contributed by atoms with Crippen LogP contribution < -0.4 is 5.32 Å². The van der Waals surface area contributed by atoms with E-state index in [0.717, 1.165) is 10.9 Å². The first-order chi connectivity index (χ1) is 6.53. The second-order valence-corrected chi connectivity index (χ2v) is 6.34. The fourth-order valence-electron chi connectivity index (χ4n) is 1.34. The maximum atomic E-state index is 4.67. The van der Waals surface area contributed by atoms with Crippen molar-refractivity contribution < 1.29 is 0 Å². The van der Waals surface area contributed by atoms with Gasteiger partial charge in [0.1, 0.15) is 0 Å². The fourth-order valence-corrected chi connectivity index (χ4v) is 3.30. The molecule has 1 rings (SSSR count). The first-order valence-electron chi connectivity index (χ1n) is 5.01. The molecule has 14 heavy (non-hydrogen) atoms. The molecule has 1 atom stereocenters. The molecule has 1 heterocycles. The SMILES string of the molecule is CSCC(C)N=C1NC(C)(C)CCS1. The summed E-state index contributed by atoms with van der Waals surface area (Å²) in [5.41, 5.74) is 0.225. The van der Waals surface area contributed by atoms with Gasteiger partial charge in [-0.1, -0.05) is 11.8 Å². The number of rotatable bonds is 3. The Labute approximate surface area is 95.7 Å². The molecule has 0 radical (unpaired) electrons. The van der Waals surface area contributed by atoms with E-state index in [1.165, 1.54) is 12.2 Å². The molecule has 1 unspecified atom stereocenters. The summed E-state index contributed by atoms with van der Waals surface area (Å²) < 4.78 is 0. The Morgan fingerprint density at radius 2 is 2.36 bits per heavy atom. The van der Waals surface area contributed by atoms with Gasteiger partial charge in [0, 0.05) is 17.0 Å². The lowest BCUT2D eigenvalue weighted by atomic mass is 10.0. The van der Waals surface area contributed by atoms with Gasteiger partial charge < -0.3 is 5.32 Å². The predicted molar refractivity (Wildman–Crippen MR) is 69.6 cm³/mol. The topological polar surface area (TPSA) is 24.4 Å². The van der Waals surface area contributed by atoms with E-state index in [4.69, 9.17) is 0 Å². The first-order valence-corrected chi connectivity index (χ1v) is 7.39. The standard InChI is InChI=1S/C10H20N2S2/c1-8(7-13-4)11-9-12-10(2,3)5-6-14-9/h8H,5-7H2,1-4H3,(H,11,12). The van der Waals surface area contributed by atoms with Crippen LogP contribution in [0, 0.1) is 0 Å². The van der Waals surface area contributed by atoms with Gasteiger partial charge in [-0.3, -0.25) is 4.99 Å². The van der Waals surface area contributed by atoms with Crippen LogP contribution in [0.2, 0.25) is 0 Å². The second kappa shape index (κ2) is 5.31. The lowest BCUT2D eigenvalue weighted by Crippen LogP contribution is -2.46. The van der Waals surface area contributed by atoms with E-state index in [1.54, 1.807) is 0 Å². The maximum Gasteiger partial charge on any atom is 0.157 e. The Kier molecular flexibility index (Phi) is 4.64. The van der Waals surface area contributed by atoms with Crippen molar-refractivity contribution in [1.82, 2.24) is 5.32 Å². The molecule has 1 N–H and O–H groups in total. The lowest BCUT2D eigenvalue weighted by molar-refractivity contribution is 0.445. The van der Waals surface area contributed by atoms with Gasteiger partial charge in [-0.2, -0.15) is 11.8 Å². The summed E-state index contributed by atoms with van der Waals surface area (Å²) in [5, 5.41) is 4.61. The number of aliphatic imine (C=N–C) groups is 1. The highest BCUT2D eigenvalue weighted by Crippen LogP contribution is 2.22. The minimum Gasteiger partial charge on any atom is -0.360 e. The zero-order valence-electron chi connectivity index (χ0n) is 9.46. The van der Waals surface area contributed by atoms with Crippen LogP contribution in [0.25, 0.3) is 0 Å². The molecule has 0 amide bonds. The lowest BCUT2D eigenvalue weighted by Gasteiger charge is -2.32. The molecule has 0 aromatic carbocycles. The summed E-state index contributed by atoms with van der Waals surface area (Å²) in [5.74, 6) is 2.29. The molecule has 0 bridgehead atoms. The van der Waals surface area contributed by atoms with Crippen molar-refractivity contribution in [3.63, 3.8) is 0 Å². The zero-order chi connectivity index (χ0) is 10.6. The van der Waals surface area contributed by atoms with E-state index in [9.17, 15) is 0 Å². The summed E-state index contributed by atoms with van der Waals surface area (Å²) >= 11 is 3.70. The number of hydrogen-bond acceptors (Lipinski definition) is 3. The highest BCUT2D eigenvalue weighted by atomic mass is 32.2. The molecular formula is C10H20N2S2. The van der Waals surface area contributed by atoms with Crippen molar-refractivity contribution in [3.8, 4) is 0 Å². The second-order valence-electron chi connectivity index (χ2n) is 4.35. The van der Waals surface area contributed by atoms with Crippen LogP contribution >= 0.6 is 23.5 Å². The van der Waals surface area contributed by atoms with Crippen molar-refractivity contribution in [2.75, 3.05) is 17.8 Å². The minimum atomic E-state index is 0.225. The van der Waals surface area contributed by atoms with Crippen molar-refractivity contribution in [3.05, 3.63) is 0 Å². The van der Waals surface area contributed by atoms with Crippen LogP contribution in [0.5, 0.6) is 0 Å². The van der Waals surface area contributed by atoms with Gasteiger partial charge in [0.05, 0.1) is 6.04 Å². The van der Waals surface area contributed by atoms with E-state index in [2.05, 4.69) is 37.3 Å². The molecule has 1 aliphatic heterocycles. The minimum absolute atomic E-state index is 0.225. The molecule has 1 fully saturated rings. The van der Waals surface area contributed by atoms with Crippen LogP contribution in [-0.2, 0) is 0 Å². The van der Waals surface area contributed by atoms with Gasteiger partial charge in [0.2, 0.25) is 0 Å². The van der Waals surface area contributed by atoms with Crippen molar-refractivity contribution in [2.45, 2.75) is 38.8 Å². The summed E-state index contributed by atoms with van der Waals surface area (Å²) in [4.78, 5) is 4.67. The highest BCUT2D eigenvalue weighted by Gasteiger charge is 2.24. The van der Waals surface area contributed by atoms with Crippen LogP contribution in [0.4, 0.5) is 0 Å². The van der Waals surface area contributed by atoms with Gasteiger partial charge in [-0.05, 0) is 33.4 Å². The molecule has 0 aromatic heterocycles. The molecule has 4 heteroatoms. The highest BCUT2D eigenvalue weighted by molar-refractivity contribution is 8.13. The largest absolute Gasteiger partial charge is 0.360 e. The van der Waals surface area contributed by atoms with Crippen LogP contribution in [0.15, 0.2) is 4.99 Å². The number of nitrogens with zero attached hydrogens (tertiary/aromatic N) is 1. The van der Waals surface area contributed by atoms with Gasteiger partial charge in [0.25, 0.3) is 0 Å². The molecule has 0 saturated carbocycles. The van der Waals surface area contributed by atoms with E-state index in [1.807, 2.05) is 23.5 Å². The average molecular weight is 232 g/mol. The number of hydrogen-bond donors (Lipinski definition) is 1. The molecule has 0 spiro atoms. The maximum absolute atomic E-state index is 4.67. The summed E-state index contributed by atoms with van der Waals surface area (Å²) in [7, 11) is 0. The van der Waals surface area contributed by atoms with Crippen LogP contribution in [-0.4, -0.2) is 34.5 Å². The molecule has 82 valence electrons. The van der Waals surface area contributed by atoms with E-state index < -0.39 is 0 Å². The van der Waals surface area contributed by atoms with Crippen molar-refractivity contribution in [1.29, 1.82) is 0 Å². The van der Waals surface area contributed by atoms with Crippen LogP contribution in [0.1, 0.15) is 27.2 Å². The number of amidine groups is 1. The van der Waals surface area contributed by atoms with Gasteiger partial charge in [-0.15, -0.1) is 0 Å². The molecular weight excluding hydrogens is 212 g/mol. The smallest absolute Gasteiger partial charge is 0.157 e. The quantitative estimate of drug-likeness (QED) is 0.809. The fraction of sp³-hybridized carbons (Fsp3) is 0.900. The predicted octanol–water partition coefficient (Wildman–Crippen LogP) is 2.60. The average Bonchev–Trinajstić information content (AvgIpc) is 2.02. The Morgan fingerprint density at radius 1 is 1.64 bits per heavy atom. The number of nitrogens with one attached hydrogen (secondary N) is 1. The summed E-state index contributed by atoms with van der Waals surface area (Å²) in [6.45, 7) is 6.65. The third-order valence-corrected chi connectivity index (χ3v) is 3.86. The first kappa shape index (κ1) is 12.2. The van der Waals surface area contributed by atoms with Gasteiger partial charge in [-0.25, -0.2) is 0 Å². The molecule has 2 nitrogen and oxygen atoms in total. The normalized spacial score (nSPS) is 25.9. The van der Waals surface area contributed by atoms with Crippen LogP contribution in [0.3, 0.4) is 0 Å². The molecule has 1 saturated heterocycles. The van der Waals surface area contributed by atoms with Crippen molar-refractivity contribution in [2.24, 2.45) is 4.99 Å². The van der Waals surface area contributed by atoms with Crippen molar-refractivity contribution >= 4 is 28.7 Å². The molecule has 0 aromatic rings. The van der Waals surface area contributed by atoms with Gasteiger partial charge >= 0.3 is 0 Å². The Balaban J connectivity index is 2.51. The Hall–Kier alpha value is 0.170. The third kappa shape index (κ3) is 4.13. The summed E-state index contributed by atoms with van der Waals surface area (Å²) in [6.07, 6.45) is 3.34. The monoisotopic (exact) mass is 232 g/mol. The van der Waals surface area contributed by atoms with E-state index >= 15 is 0 Å². The summed E-state index contributed by atoms with van der Waals surface area (Å²) in [6, 6.07) is 0.425. The third-order valence-electron chi connectivity index (χ3n) is 2.16. The Bertz CT molecular complexity index is 214. The molecule has 0 aliphatic carbocycles. The van der Waals surface area contributed by atoms with E-state index in [-0.39, 0.29) is 5.54 Å². The van der Waals surface area contributed by atoms with Gasteiger partial charge in [0.15, 0.2) is 5.17 Å². The zero-order valence-corrected chi connectivity index (χ0v) is 11.1. The Morgan fingerprint density at radius 3 is 2.93 bits per heavy atom.